The van der Waals surface area contributed by atoms with Crippen LogP contribution in [0.1, 0.15) is 17.0 Å². The molecule has 1 heterocycles. The fraction of sp³-hybridized carbons (Fsp3) is 0.286. The minimum Gasteiger partial charge on any atom is -0.366 e. The Morgan fingerprint density at radius 1 is 1.26 bits per heavy atom. The Hall–Kier alpha value is -1.88. The number of hydrogen-bond acceptors (Lipinski definition) is 2. The maximum Gasteiger partial charge on any atom is 0.166 e. The number of para-hydroxylation sites is 1. The third-order valence-corrected chi connectivity index (χ3v) is 3.44. The van der Waals surface area contributed by atoms with Crippen LogP contribution in [0.2, 0.25) is 0 Å². The molecule has 1 aromatic heterocycles. The summed E-state index contributed by atoms with van der Waals surface area (Å²) in [5.74, 6) is 0. The highest BCUT2D eigenvalue weighted by Crippen LogP contribution is 2.17. The highest BCUT2D eigenvalue weighted by atomic mass is 32.1. The van der Waals surface area contributed by atoms with E-state index in [1.807, 2.05) is 36.9 Å². The minimum absolute atomic E-state index is 0.645. The van der Waals surface area contributed by atoms with Crippen molar-refractivity contribution < 1.29 is 0 Å². The smallest absolute Gasteiger partial charge is 0.166 e. The number of hydrogen-bond donors (Lipinski definition) is 2. The van der Waals surface area contributed by atoms with Gasteiger partial charge in [-0.05, 0) is 38.2 Å². The molecule has 19 heavy (non-hydrogen) atoms. The first-order valence-electron chi connectivity index (χ1n) is 6.19. The van der Waals surface area contributed by atoms with E-state index in [9.17, 15) is 0 Å². The monoisotopic (exact) mass is 274 g/mol. The first kappa shape index (κ1) is 13.5. The number of rotatable bonds is 3. The van der Waals surface area contributed by atoms with Crippen LogP contribution in [0.25, 0.3) is 5.69 Å². The van der Waals surface area contributed by atoms with Gasteiger partial charge in [0, 0.05) is 24.8 Å². The zero-order chi connectivity index (χ0) is 13.8. The van der Waals surface area contributed by atoms with E-state index in [1.54, 1.807) is 0 Å². The Balaban J connectivity index is 2.27. The van der Waals surface area contributed by atoms with Gasteiger partial charge in [-0.3, -0.25) is 0 Å². The molecular formula is C14H18N4S. The molecule has 0 fully saturated rings. The van der Waals surface area contributed by atoms with Gasteiger partial charge in [0.25, 0.3) is 0 Å². The number of aromatic nitrogens is 2. The largest absolute Gasteiger partial charge is 0.366 e. The van der Waals surface area contributed by atoms with E-state index in [0.717, 1.165) is 17.1 Å². The van der Waals surface area contributed by atoms with Gasteiger partial charge in [0.05, 0.1) is 11.4 Å². The van der Waals surface area contributed by atoms with E-state index < -0.39 is 0 Å². The summed E-state index contributed by atoms with van der Waals surface area (Å²) in [5, 5.41) is 11.3. The molecule has 0 bridgehead atoms. The summed E-state index contributed by atoms with van der Waals surface area (Å²) in [7, 11) is 1.81. The Kier molecular flexibility index (Phi) is 4.16. The first-order chi connectivity index (χ1) is 9.13. The zero-order valence-corrected chi connectivity index (χ0v) is 12.2. The number of nitrogens with zero attached hydrogens (tertiary/aromatic N) is 2. The van der Waals surface area contributed by atoms with Crippen molar-refractivity contribution in [3.63, 3.8) is 0 Å². The Labute approximate surface area is 118 Å². The van der Waals surface area contributed by atoms with Crippen molar-refractivity contribution in [3.05, 3.63) is 47.3 Å². The molecule has 0 spiro atoms. The molecule has 0 aliphatic carbocycles. The lowest BCUT2D eigenvalue weighted by Gasteiger charge is -2.08. The number of thiocarbonyl (C=S) groups is 1. The van der Waals surface area contributed by atoms with Gasteiger partial charge in [0.1, 0.15) is 0 Å². The van der Waals surface area contributed by atoms with Crippen LogP contribution in [0.15, 0.2) is 30.3 Å². The summed E-state index contributed by atoms with van der Waals surface area (Å²) in [5.41, 5.74) is 4.41. The van der Waals surface area contributed by atoms with Gasteiger partial charge in [-0.25, -0.2) is 4.68 Å². The summed E-state index contributed by atoms with van der Waals surface area (Å²) >= 11 is 5.09. The van der Waals surface area contributed by atoms with Crippen LogP contribution in [0.3, 0.4) is 0 Å². The summed E-state index contributed by atoms with van der Waals surface area (Å²) in [4.78, 5) is 0. The molecule has 100 valence electrons. The third kappa shape index (κ3) is 2.93. The minimum atomic E-state index is 0.645. The van der Waals surface area contributed by atoms with E-state index in [2.05, 4.69) is 34.8 Å². The maximum atomic E-state index is 5.09. The van der Waals surface area contributed by atoms with Crippen molar-refractivity contribution in [3.8, 4) is 5.69 Å². The van der Waals surface area contributed by atoms with Gasteiger partial charge < -0.3 is 10.6 Å². The molecular weight excluding hydrogens is 256 g/mol. The number of nitrogens with one attached hydrogen (secondary N) is 2. The standard InChI is InChI=1S/C14H18N4S/c1-10-13(9-16-14(19)15-3)11(2)18(17-10)12-7-5-4-6-8-12/h4-8H,9H2,1-3H3,(H2,15,16,19). The van der Waals surface area contributed by atoms with Crippen LogP contribution >= 0.6 is 12.2 Å². The molecule has 0 unspecified atom stereocenters. The Morgan fingerprint density at radius 2 is 1.95 bits per heavy atom. The summed E-state index contributed by atoms with van der Waals surface area (Å²) in [6.07, 6.45) is 0. The fourth-order valence-corrected chi connectivity index (χ4v) is 2.08. The van der Waals surface area contributed by atoms with Crippen molar-refractivity contribution in [1.82, 2.24) is 20.4 Å². The molecule has 0 aliphatic rings. The van der Waals surface area contributed by atoms with Gasteiger partial charge in [-0.1, -0.05) is 18.2 Å². The second-order valence-electron chi connectivity index (χ2n) is 4.33. The number of benzene rings is 1. The Morgan fingerprint density at radius 3 is 2.58 bits per heavy atom. The second kappa shape index (κ2) is 5.84. The SMILES string of the molecule is CNC(=S)NCc1c(C)nn(-c2ccccc2)c1C. The fourth-order valence-electron chi connectivity index (χ4n) is 2.01. The average Bonchev–Trinajstić information content (AvgIpc) is 2.72. The molecule has 0 amide bonds. The van der Waals surface area contributed by atoms with Crippen LogP contribution in [0, 0.1) is 13.8 Å². The highest BCUT2D eigenvalue weighted by Gasteiger charge is 2.12. The first-order valence-corrected chi connectivity index (χ1v) is 6.60. The lowest BCUT2D eigenvalue weighted by molar-refractivity contribution is 0.829. The molecule has 0 atom stereocenters. The summed E-state index contributed by atoms with van der Waals surface area (Å²) < 4.78 is 1.97. The van der Waals surface area contributed by atoms with Gasteiger partial charge in [-0.2, -0.15) is 5.10 Å². The van der Waals surface area contributed by atoms with Crippen molar-refractivity contribution in [2.24, 2.45) is 0 Å². The Bertz CT molecular complexity index is 575. The topological polar surface area (TPSA) is 41.9 Å². The van der Waals surface area contributed by atoms with Crippen molar-refractivity contribution in [2.75, 3.05) is 7.05 Å². The zero-order valence-electron chi connectivity index (χ0n) is 11.4. The van der Waals surface area contributed by atoms with E-state index in [-0.39, 0.29) is 0 Å². The lowest BCUT2D eigenvalue weighted by Crippen LogP contribution is -2.32. The second-order valence-corrected chi connectivity index (χ2v) is 4.74. The molecule has 0 aliphatic heterocycles. The van der Waals surface area contributed by atoms with Gasteiger partial charge in [-0.15, -0.1) is 0 Å². The van der Waals surface area contributed by atoms with Gasteiger partial charge >= 0.3 is 0 Å². The predicted octanol–water partition coefficient (Wildman–Crippen LogP) is 2.08. The van der Waals surface area contributed by atoms with Crippen LogP contribution in [-0.2, 0) is 6.54 Å². The normalized spacial score (nSPS) is 10.3. The quantitative estimate of drug-likeness (QED) is 0.841. The molecule has 0 saturated carbocycles. The van der Waals surface area contributed by atoms with Crippen LogP contribution in [0.4, 0.5) is 0 Å². The van der Waals surface area contributed by atoms with Crippen molar-refractivity contribution >= 4 is 17.3 Å². The summed E-state index contributed by atoms with van der Waals surface area (Å²) in [6, 6.07) is 10.1. The molecule has 4 nitrogen and oxygen atoms in total. The molecule has 0 radical (unpaired) electrons. The predicted molar refractivity (Wildman–Crippen MR) is 81.5 cm³/mol. The van der Waals surface area contributed by atoms with Crippen LogP contribution in [0.5, 0.6) is 0 Å². The molecule has 2 N–H and O–H groups in total. The highest BCUT2D eigenvalue weighted by molar-refractivity contribution is 7.80. The van der Waals surface area contributed by atoms with Crippen molar-refractivity contribution in [1.29, 1.82) is 0 Å². The van der Waals surface area contributed by atoms with Crippen molar-refractivity contribution in [2.45, 2.75) is 20.4 Å². The molecule has 1 aromatic carbocycles. The average molecular weight is 274 g/mol. The van der Waals surface area contributed by atoms with E-state index >= 15 is 0 Å². The maximum absolute atomic E-state index is 5.09. The van der Waals surface area contributed by atoms with E-state index in [4.69, 9.17) is 12.2 Å². The van der Waals surface area contributed by atoms with E-state index in [1.165, 1.54) is 5.56 Å². The molecule has 2 rings (SSSR count). The lowest BCUT2D eigenvalue weighted by atomic mass is 10.2. The number of aryl methyl sites for hydroxylation is 1. The molecule has 2 aromatic rings. The molecule has 0 saturated heterocycles. The van der Waals surface area contributed by atoms with Crippen LogP contribution in [-0.4, -0.2) is 21.9 Å². The van der Waals surface area contributed by atoms with Gasteiger partial charge in [0.2, 0.25) is 0 Å². The van der Waals surface area contributed by atoms with Gasteiger partial charge in [0.15, 0.2) is 5.11 Å². The summed E-state index contributed by atoms with van der Waals surface area (Å²) in [6.45, 7) is 4.78. The van der Waals surface area contributed by atoms with E-state index in [0.29, 0.717) is 11.7 Å². The van der Waals surface area contributed by atoms with Crippen LogP contribution < -0.4 is 10.6 Å². The molecule has 5 heteroatoms. The third-order valence-electron chi connectivity index (χ3n) is 3.09.